The van der Waals surface area contributed by atoms with Crippen molar-refractivity contribution in [2.75, 3.05) is 55.6 Å². The third-order valence-electron chi connectivity index (χ3n) is 4.91. The second-order valence-electron chi connectivity index (χ2n) is 7.08. The number of hydrogen-bond donors (Lipinski definition) is 1. The lowest BCUT2D eigenvalue weighted by Gasteiger charge is -2.36. The molecule has 2 amide bonds. The van der Waals surface area contributed by atoms with Crippen molar-refractivity contribution in [1.29, 1.82) is 0 Å². The molecule has 0 radical (unpaired) electrons. The van der Waals surface area contributed by atoms with Crippen molar-refractivity contribution in [2.45, 2.75) is 34.1 Å². The Bertz CT molecular complexity index is 517. The molecule has 1 aliphatic heterocycles. The van der Waals surface area contributed by atoms with Gasteiger partial charge in [-0.3, -0.25) is 0 Å². The zero-order chi connectivity index (χ0) is 18.2. The van der Waals surface area contributed by atoms with Gasteiger partial charge in [-0.05, 0) is 50.5 Å². The van der Waals surface area contributed by atoms with Crippen LogP contribution >= 0.6 is 0 Å². The van der Waals surface area contributed by atoms with Gasteiger partial charge >= 0.3 is 6.03 Å². The molecule has 5 nitrogen and oxygen atoms in total. The maximum absolute atomic E-state index is 12.2. The maximum Gasteiger partial charge on any atom is 0.317 e. The van der Waals surface area contributed by atoms with Gasteiger partial charge in [0.25, 0.3) is 0 Å². The SMILES string of the molecule is CCN(CC)c1ccc(N2CCN(C(=O)NCCC(C)C)CC2)cc1. The van der Waals surface area contributed by atoms with E-state index in [4.69, 9.17) is 0 Å². The topological polar surface area (TPSA) is 38.8 Å². The first-order valence-corrected chi connectivity index (χ1v) is 9.67. The van der Waals surface area contributed by atoms with Crippen molar-refractivity contribution in [3.63, 3.8) is 0 Å². The number of piperazine rings is 1. The van der Waals surface area contributed by atoms with E-state index in [9.17, 15) is 4.79 Å². The Hall–Kier alpha value is -1.91. The van der Waals surface area contributed by atoms with Gasteiger partial charge in [-0.1, -0.05) is 13.8 Å². The van der Waals surface area contributed by atoms with Crippen molar-refractivity contribution in [3.05, 3.63) is 24.3 Å². The van der Waals surface area contributed by atoms with E-state index in [1.807, 2.05) is 4.90 Å². The lowest BCUT2D eigenvalue weighted by Crippen LogP contribution is -2.52. The summed E-state index contributed by atoms with van der Waals surface area (Å²) in [4.78, 5) is 18.8. The zero-order valence-corrected chi connectivity index (χ0v) is 16.3. The summed E-state index contributed by atoms with van der Waals surface area (Å²) in [6.45, 7) is 14.9. The molecule has 1 fully saturated rings. The largest absolute Gasteiger partial charge is 0.372 e. The van der Waals surface area contributed by atoms with Crippen LogP contribution in [0.4, 0.5) is 16.2 Å². The number of urea groups is 1. The van der Waals surface area contributed by atoms with Gasteiger partial charge in [0, 0.05) is 57.2 Å². The fraction of sp³-hybridized carbons (Fsp3) is 0.650. The maximum atomic E-state index is 12.2. The third kappa shape index (κ3) is 5.55. The summed E-state index contributed by atoms with van der Waals surface area (Å²) in [7, 11) is 0. The number of anilines is 2. The van der Waals surface area contributed by atoms with E-state index in [0.29, 0.717) is 5.92 Å². The van der Waals surface area contributed by atoms with Crippen LogP contribution in [0.1, 0.15) is 34.1 Å². The van der Waals surface area contributed by atoms with Gasteiger partial charge in [0.15, 0.2) is 0 Å². The Morgan fingerprint density at radius 2 is 1.68 bits per heavy atom. The highest BCUT2D eigenvalue weighted by Gasteiger charge is 2.21. The molecule has 25 heavy (non-hydrogen) atoms. The minimum Gasteiger partial charge on any atom is -0.372 e. The van der Waals surface area contributed by atoms with Crippen LogP contribution in [0, 0.1) is 5.92 Å². The average Bonchev–Trinajstić information content (AvgIpc) is 2.63. The number of carbonyl (C=O) groups excluding carboxylic acids is 1. The van der Waals surface area contributed by atoms with Crippen molar-refractivity contribution in [3.8, 4) is 0 Å². The standard InChI is InChI=1S/C20H34N4O/c1-5-22(6-2)18-7-9-19(10-8-18)23-13-15-24(16-14-23)20(25)21-12-11-17(3)4/h7-10,17H,5-6,11-16H2,1-4H3,(H,21,25). The lowest BCUT2D eigenvalue weighted by molar-refractivity contribution is 0.194. The van der Waals surface area contributed by atoms with E-state index < -0.39 is 0 Å². The number of rotatable bonds is 7. The van der Waals surface area contributed by atoms with E-state index in [1.165, 1.54) is 11.4 Å². The number of hydrogen-bond acceptors (Lipinski definition) is 3. The molecule has 140 valence electrons. The number of nitrogens with one attached hydrogen (secondary N) is 1. The van der Waals surface area contributed by atoms with Crippen LogP contribution in [0.2, 0.25) is 0 Å². The normalized spacial score (nSPS) is 14.8. The molecular weight excluding hydrogens is 312 g/mol. The lowest BCUT2D eigenvalue weighted by atomic mass is 10.1. The summed E-state index contributed by atoms with van der Waals surface area (Å²) in [5.41, 5.74) is 2.52. The Morgan fingerprint density at radius 1 is 1.08 bits per heavy atom. The molecule has 1 aromatic carbocycles. The molecule has 0 aromatic heterocycles. The number of nitrogens with zero attached hydrogens (tertiary/aromatic N) is 3. The molecule has 0 atom stereocenters. The van der Waals surface area contributed by atoms with Crippen molar-refractivity contribution in [1.82, 2.24) is 10.2 Å². The molecule has 0 spiro atoms. The molecule has 1 heterocycles. The summed E-state index contributed by atoms with van der Waals surface area (Å²) in [6.07, 6.45) is 1.03. The number of carbonyl (C=O) groups is 1. The summed E-state index contributed by atoms with van der Waals surface area (Å²) in [6, 6.07) is 8.88. The Morgan fingerprint density at radius 3 is 2.20 bits per heavy atom. The van der Waals surface area contributed by atoms with Crippen molar-refractivity contribution in [2.24, 2.45) is 5.92 Å². The predicted octanol–water partition coefficient (Wildman–Crippen LogP) is 3.41. The molecule has 0 aliphatic carbocycles. The van der Waals surface area contributed by atoms with Gasteiger partial charge in [0.1, 0.15) is 0 Å². The zero-order valence-electron chi connectivity index (χ0n) is 16.3. The fourth-order valence-electron chi connectivity index (χ4n) is 3.21. The second-order valence-corrected chi connectivity index (χ2v) is 7.08. The molecular formula is C20H34N4O. The quantitative estimate of drug-likeness (QED) is 0.822. The monoisotopic (exact) mass is 346 g/mol. The van der Waals surface area contributed by atoms with Gasteiger partial charge in [0.2, 0.25) is 0 Å². The van der Waals surface area contributed by atoms with Crippen molar-refractivity contribution < 1.29 is 4.79 Å². The number of benzene rings is 1. The van der Waals surface area contributed by atoms with Gasteiger partial charge in [-0.25, -0.2) is 4.79 Å². The minimum atomic E-state index is 0.0807. The average molecular weight is 347 g/mol. The van der Waals surface area contributed by atoms with Crippen LogP contribution in [0.3, 0.4) is 0 Å². The predicted molar refractivity (Wildman–Crippen MR) is 107 cm³/mol. The van der Waals surface area contributed by atoms with Crippen LogP contribution in [-0.2, 0) is 0 Å². The summed E-state index contributed by atoms with van der Waals surface area (Å²) in [5, 5.41) is 3.03. The smallest absolute Gasteiger partial charge is 0.317 e. The Labute approximate surface area is 153 Å². The second kappa shape index (κ2) is 9.54. The van der Waals surface area contributed by atoms with Crippen LogP contribution in [0.15, 0.2) is 24.3 Å². The van der Waals surface area contributed by atoms with E-state index >= 15 is 0 Å². The molecule has 0 unspecified atom stereocenters. The highest BCUT2D eigenvalue weighted by atomic mass is 16.2. The van der Waals surface area contributed by atoms with Gasteiger partial charge in [0.05, 0.1) is 0 Å². The van der Waals surface area contributed by atoms with Crippen LogP contribution < -0.4 is 15.1 Å². The first-order valence-electron chi connectivity index (χ1n) is 9.67. The van der Waals surface area contributed by atoms with Gasteiger partial charge < -0.3 is 20.0 Å². The summed E-state index contributed by atoms with van der Waals surface area (Å²) >= 11 is 0. The molecule has 0 saturated carbocycles. The third-order valence-corrected chi connectivity index (χ3v) is 4.91. The molecule has 0 bridgehead atoms. The van der Waals surface area contributed by atoms with Gasteiger partial charge in [-0.15, -0.1) is 0 Å². The number of amides is 2. The fourth-order valence-corrected chi connectivity index (χ4v) is 3.21. The van der Waals surface area contributed by atoms with Crippen LogP contribution in [-0.4, -0.2) is 56.7 Å². The molecule has 1 saturated heterocycles. The Balaban J connectivity index is 1.82. The van der Waals surface area contributed by atoms with E-state index in [2.05, 4.69) is 67.1 Å². The molecule has 1 N–H and O–H groups in total. The molecule has 1 aromatic rings. The van der Waals surface area contributed by atoms with Gasteiger partial charge in [-0.2, -0.15) is 0 Å². The van der Waals surface area contributed by atoms with Crippen LogP contribution in [0.5, 0.6) is 0 Å². The van der Waals surface area contributed by atoms with Crippen molar-refractivity contribution >= 4 is 17.4 Å². The Kier molecular flexibility index (Phi) is 7.41. The molecule has 1 aliphatic rings. The minimum absolute atomic E-state index is 0.0807. The van der Waals surface area contributed by atoms with Crippen LogP contribution in [0.25, 0.3) is 0 Å². The summed E-state index contributed by atoms with van der Waals surface area (Å²) in [5.74, 6) is 0.622. The first-order chi connectivity index (χ1) is 12.0. The highest BCUT2D eigenvalue weighted by molar-refractivity contribution is 5.74. The molecule has 5 heteroatoms. The van der Waals surface area contributed by atoms with E-state index in [1.54, 1.807) is 0 Å². The first kappa shape index (κ1) is 19.4. The van der Waals surface area contributed by atoms with E-state index in [-0.39, 0.29) is 6.03 Å². The highest BCUT2D eigenvalue weighted by Crippen LogP contribution is 2.21. The molecule has 2 rings (SSSR count). The van der Waals surface area contributed by atoms with E-state index in [0.717, 1.165) is 52.2 Å². The summed E-state index contributed by atoms with van der Waals surface area (Å²) < 4.78 is 0.